The lowest BCUT2D eigenvalue weighted by Gasteiger charge is -2.09. The quantitative estimate of drug-likeness (QED) is 0.645. The average molecular weight is 287 g/mol. The van der Waals surface area contributed by atoms with Crippen LogP contribution in [0.25, 0.3) is 11.4 Å². The van der Waals surface area contributed by atoms with Gasteiger partial charge in [0.1, 0.15) is 11.4 Å². The molecule has 1 aromatic heterocycles. The number of primary amides is 1. The monoisotopic (exact) mass is 287 g/mol. The van der Waals surface area contributed by atoms with Gasteiger partial charge in [-0.25, -0.2) is 9.97 Å². The maximum Gasteiger partial charge on any atom is 0.270 e. The Morgan fingerprint density at radius 1 is 1.29 bits per heavy atom. The SMILES string of the molecule is Cc1ccc([N+](=O)[O-])cc1-c1nc(C)c(C(N)=O)c(N)n1. The van der Waals surface area contributed by atoms with Crippen LogP contribution < -0.4 is 11.5 Å². The number of nitro groups is 1. The van der Waals surface area contributed by atoms with Crippen LogP contribution in [0.4, 0.5) is 11.5 Å². The predicted molar refractivity (Wildman–Crippen MR) is 76.5 cm³/mol. The molecule has 0 bridgehead atoms. The van der Waals surface area contributed by atoms with Gasteiger partial charge in [0.15, 0.2) is 5.82 Å². The summed E-state index contributed by atoms with van der Waals surface area (Å²) < 4.78 is 0. The van der Waals surface area contributed by atoms with Gasteiger partial charge in [-0.05, 0) is 19.4 Å². The summed E-state index contributed by atoms with van der Waals surface area (Å²) in [5.41, 5.74) is 12.5. The van der Waals surface area contributed by atoms with Gasteiger partial charge in [0.25, 0.3) is 11.6 Å². The summed E-state index contributed by atoms with van der Waals surface area (Å²) in [6.07, 6.45) is 0. The summed E-state index contributed by atoms with van der Waals surface area (Å²) in [5.74, 6) is -0.542. The minimum atomic E-state index is -0.715. The topological polar surface area (TPSA) is 138 Å². The van der Waals surface area contributed by atoms with Crippen molar-refractivity contribution in [3.8, 4) is 11.4 Å². The Hall–Kier alpha value is -3.03. The molecule has 0 radical (unpaired) electrons. The number of nitro benzene ring substituents is 1. The van der Waals surface area contributed by atoms with Crippen LogP contribution >= 0.6 is 0 Å². The van der Waals surface area contributed by atoms with Crippen molar-refractivity contribution in [1.29, 1.82) is 0 Å². The second-order valence-electron chi connectivity index (χ2n) is 4.51. The molecule has 8 heteroatoms. The van der Waals surface area contributed by atoms with Crippen LogP contribution in [0.1, 0.15) is 21.6 Å². The first kappa shape index (κ1) is 14.4. The first-order valence-corrected chi connectivity index (χ1v) is 6.00. The Morgan fingerprint density at radius 2 is 1.95 bits per heavy atom. The highest BCUT2D eigenvalue weighted by atomic mass is 16.6. The number of nitrogens with two attached hydrogens (primary N) is 2. The minimum absolute atomic E-state index is 0.0455. The van der Waals surface area contributed by atoms with E-state index in [1.807, 2.05) is 0 Å². The number of nitrogen functional groups attached to an aromatic ring is 1. The lowest BCUT2D eigenvalue weighted by molar-refractivity contribution is -0.384. The van der Waals surface area contributed by atoms with E-state index in [1.54, 1.807) is 19.9 Å². The van der Waals surface area contributed by atoms with E-state index in [0.717, 1.165) is 5.56 Å². The first-order chi connectivity index (χ1) is 9.81. The van der Waals surface area contributed by atoms with E-state index < -0.39 is 10.8 Å². The van der Waals surface area contributed by atoms with E-state index >= 15 is 0 Å². The molecule has 8 nitrogen and oxygen atoms in total. The Bertz CT molecular complexity index is 734. The Morgan fingerprint density at radius 3 is 2.48 bits per heavy atom. The molecule has 1 aromatic carbocycles. The van der Waals surface area contributed by atoms with E-state index in [4.69, 9.17) is 11.5 Å². The van der Waals surface area contributed by atoms with Crippen LogP contribution in [0.5, 0.6) is 0 Å². The van der Waals surface area contributed by atoms with E-state index in [1.165, 1.54) is 12.1 Å². The highest BCUT2D eigenvalue weighted by molar-refractivity contribution is 5.98. The van der Waals surface area contributed by atoms with Crippen molar-refractivity contribution >= 4 is 17.4 Å². The lowest BCUT2D eigenvalue weighted by atomic mass is 10.1. The van der Waals surface area contributed by atoms with Crippen LogP contribution in [0.2, 0.25) is 0 Å². The molecule has 1 amide bonds. The minimum Gasteiger partial charge on any atom is -0.383 e. The molecule has 4 N–H and O–H groups in total. The fourth-order valence-electron chi connectivity index (χ4n) is 1.98. The molecule has 1 heterocycles. The summed E-state index contributed by atoms with van der Waals surface area (Å²) in [4.78, 5) is 29.8. The van der Waals surface area contributed by atoms with Crippen LogP contribution in [0.3, 0.4) is 0 Å². The molecule has 108 valence electrons. The highest BCUT2D eigenvalue weighted by Crippen LogP contribution is 2.27. The van der Waals surface area contributed by atoms with E-state index in [-0.39, 0.29) is 22.9 Å². The smallest absolute Gasteiger partial charge is 0.270 e. The number of amides is 1. The zero-order valence-corrected chi connectivity index (χ0v) is 11.5. The van der Waals surface area contributed by atoms with E-state index in [2.05, 4.69) is 9.97 Å². The van der Waals surface area contributed by atoms with Crippen LogP contribution in [-0.2, 0) is 0 Å². The number of hydrogen-bond donors (Lipinski definition) is 2. The van der Waals surface area contributed by atoms with Crippen molar-refractivity contribution in [2.45, 2.75) is 13.8 Å². The number of hydrogen-bond acceptors (Lipinski definition) is 6. The van der Waals surface area contributed by atoms with Crippen molar-refractivity contribution in [3.63, 3.8) is 0 Å². The molecular formula is C13H13N5O3. The molecule has 21 heavy (non-hydrogen) atoms. The van der Waals surface area contributed by atoms with Gasteiger partial charge in [0, 0.05) is 17.7 Å². The fraction of sp³-hybridized carbons (Fsp3) is 0.154. The third kappa shape index (κ3) is 2.64. The normalized spacial score (nSPS) is 10.4. The number of carbonyl (C=O) groups excluding carboxylic acids is 1. The molecule has 0 unspecified atom stereocenters. The van der Waals surface area contributed by atoms with E-state index in [0.29, 0.717) is 11.3 Å². The summed E-state index contributed by atoms with van der Waals surface area (Å²) in [6, 6.07) is 4.37. The number of non-ortho nitro benzene ring substituents is 1. The molecule has 0 aliphatic carbocycles. The molecule has 0 spiro atoms. The molecule has 0 aliphatic rings. The molecule has 0 aliphatic heterocycles. The molecule has 0 saturated carbocycles. The van der Waals surface area contributed by atoms with Gasteiger partial charge >= 0.3 is 0 Å². The molecule has 0 fully saturated rings. The number of carbonyl (C=O) groups is 1. The summed E-state index contributed by atoms with van der Waals surface area (Å²) in [7, 11) is 0. The van der Waals surface area contributed by atoms with Gasteiger partial charge in [0.2, 0.25) is 0 Å². The Labute approximate surface area is 120 Å². The van der Waals surface area contributed by atoms with Gasteiger partial charge in [0.05, 0.1) is 10.6 Å². The van der Waals surface area contributed by atoms with Crippen LogP contribution in [-0.4, -0.2) is 20.8 Å². The van der Waals surface area contributed by atoms with Crippen LogP contribution in [0.15, 0.2) is 18.2 Å². The second kappa shape index (κ2) is 5.16. The van der Waals surface area contributed by atoms with Gasteiger partial charge in [-0.2, -0.15) is 0 Å². The largest absolute Gasteiger partial charge is 0.383 e. The molecule has 0 saturated heterocycles. The van der Waals surface area contributed by atoms with Gasteiger partial charge in [-0.3, -0.25) is 14.9 Å². The Balaban J connectivity index is 2.65. The molecule has 0 atom stereocenters. The van der Waals surface area contributed by atoms with Gasteiger partial charge in [-0.1, -0.05) is 6.07 Å². The standard InChI is InChI=1S/C13H13N5O3/c1-6-3-4-8(18(20)21)5-9(6)13-16-7(2)10(12(15)19)11(14)17-13/h3-5H,1-2H3,(H2,15,19)(H2,14,16,17). The number of benzene rings is 1. The highest BCUT2D eigenvalue weighted by Gasteiger charge is 2.17. The van der Waals surface area contributed by atoms with Crippen molar-refractivity contribution in [2.24, 2.45) is 5.73 Å². The Kier molecular flexibility index (Phi) is 3.53. The average Bonchev–Trinajstić information content (AvgIpc) is 2.37. The van der Waals surface area contributed by atoms with Gasteiger partial charge in [-0.15, -0.1) is 0 Å². The lowest BCUT2D eigenvalue weighted by Crippen LogP contribution is -2.18. The number of nitrogens with zero attached hydrogens (tertiary/aromatic N) is 3. The second-order valence-corrected chi connectivity index (χ2v) is 4.51. The number of anilines is 1. The molecule has 2 aromatic rings. The van der Waals surface area contributed by atoms with Crippen molar-refractivity contribution in [3.05, 3.63) is 45.1 Å². The third-order valence-electron chi connectivity index (χ3n) is 3.04. The molecule has 2 rings (SSSR count). The predicted octanol–water partition coefficient (Wildman–Crippen LogP) is 1.35. The van der Waals surface area contributed by atoms with Crippen LogP contribution in [0, 0.1) is 24.0 Å². The van der Waals surface area contributed by atoms with E-state index in [9.17, 15) is 14.9 Å². The van der Waals surface area contributed by atoms with Gasteiger partial charge < -0.3 is 11.5 Å². The zero-order chi connectivity index (χ0) is 15.7. The third-order valence-corrected chi connectivity index (χ3v) is 3.04. The van der Waals surface area contributed by atoms with Crippen molar-refractivity contribution in [1.82, 2.24) is 9.97 Å². The van der Waals surface area contributed by atoms with Crippen molar-refractivity contribution < 1.29 is 9.72 Å². The maximum absolute atomic E-state index is 11.3. The summed E-state index contributed by atoms with van der Waals surface area (Å²) in [5, 5.41) is 10.9. The van der Waals surface area contributed by atoms with Crippen molar-refractivity contribution in [2.75, 3.05) is 5.73 Å². The number of rotatable bonds is 3. The maximum atomic E-state index is 11.3. The zero-order valence-electron chi connectivity index (χ0n) is 11.5. The fourth-order valence-corrected chi connectivity index (χ4v) is 1.98. The summed E-state index contributed by atoms with van der Waals surface area (Å²) in [6.45, 7) is 3.35. The first-order valence-electron chi connectivity index (χ1n) is 6.00. The molecular weight excluding hydrogens is 274 g/mol. The number of aryl methyl sites for hydroxylation is 2. The number of aromatic nitrogens is 2. The summed E-state index contributed by atoms with van der Waals surface area (Å²) >= 11 is 0.